The van der Waals surface area contributed by atoms with E-state index >= 15 is 0 Å². The number of carbonyl (C=O) groups excluding carboxylic acids is 1. The minimum atomic E-state index is -0.362. The van der Waals surface area contributed by atoms with Crippen LogP contribution in [0.25, 0.3) is 0 Å². The standard InChI is InChI=1S/C15H23N3O/c1-3-15(2,18-9-4-5-10-18)13(19)11-12-7-6-8-17-14(12)16/h6-8H,3-5,9-11H2,1-2H3,(H2,16,17). The van der Waals surface area contributed by atoms with Gasteiger partial charge in [0.1, 0.15) is 5.82 Å². The van der Waals surface area contributed by atoms with Gasteiger partial charge in [-0.25, -0.2) is 4.98 Å². The van der Waals surface area contributed by atoms with Crippen LogP contribution in [-0.2, 0) is 11.2 Å². The van der Waals surface area contributed by atoms with Gasteiger partial charge in [0.25, 0.3) is 0 Å². The SMILES string of the molecule is CCC(C)(C(=O)Cc1cccnc1N)N1CCCC1. The lowest BCUT2D eigenvalue weighted by molar-refractivity contribution is -0.129. The van der Waals surface area contributed by atoms with Gasteiger partial charge < -0.3 is 5.73 Å². The number of hydrogen-bond acceptors (Lipinski definition) is 4. The van der Waals surface area contributed by atoms with Crippen molar-refractivity contribution in [2.75, 3.05) is 18.8 Å². The van der Waals surface area contributed by atoms with Crippen molar-refractivity contribution < 1.29 is 4.79 Å². The van der Waals surface area contributed by atoms with E-state index in [2.05, 4.69) is 23.7 Å². The zero-order valence-corrected chi connectivity index (χ0v) is 11.9. The van der Waals surface area contributed by atoms with Crippen LogP contribution in [0.2, 0.25) is 0 Å². The van der Waals surface area contributed by atoms with Crippen LogP contribution < -0.4 is 5.73 Å². The highest BCUT2D eigenvalue weighted by Gasteiger charge is 2.38. The number of aromatic nitrogens is 1. The molecular weight excluding hydrogens is 238 g/mol. The average molecular weight is 261 g/mol. The first-order valence-corrected chi connectivity index (χ1v) is 7.05. The van der Waals surface area contributed by atoms with Gasteiger partial charge in [-0.15, -0.1) is 0 Å². The lowest BCUT2D eigenvalue weighted by atomic mass is 9.87. The number of rotatable bonds is 5. The van der Waals surface area contributed by atoms with E-state index in [9.17, 15) is 4.79 Å². The van der Waals surface area contributed by atoms with Gasteiger partial charge in [0, 0.05) is 18.2 Å². The fourth-order valence-electron chi connectivity index (χ4n) is 2.77. The average Bonchev–Trinajstić information content (AvgIpc) is 2.95. The molecule has 2 heterocycles. The molecule has 0 saturated carbocycles. The Bertz CT molecular complexity index is 454. The number of nitrogen functional groups attached to an aromatic ring is 1. The lowest BCUT2D eigenvalue weighted by Crippen LogP contribution is -2.51. The monoisotopic (exact) mass is 261 g/mol. The number of nitrogens with two attached hydrogens (primary N) is 1. The number of likely N-dealkylation sites (tertiary alicyclic amines) is 1. The highest BCUT2D eigenvalue weighted by atomic mass is 16.1. The number of Topliss-reactive ketones (excluding diaryl/α,β-unsaturated/α-hetero) is 1. The number of ketones is 1. The van der Waals surface area contributed by atoms with Crippen molar-refractivity contribution in [2.24, 2.45) is 0 Å². The van der Waals surface area contributed by atoms with Crippen LogP contribution >= 0.6 is 0 Å². The molecule has 4 heteroatoms. The Morgan fingerprint density at radius 2 is 2.16 bits per heavy atom. The molecule has 0 spiro atoms. The molecule has 0 radical (unpaired) electrons. The molecule has 1 saturated heterocycles. The Morgan fingerprint density at radius 1 is 1.47 bits per heavy atom. The Labute approximate surface area is 115 Å². The van der Waals surface area contributed by atoms with E-state index in [0.29, 0.717) is 12.2 Å². The van der Waals surface area contributed by atoms with E-state index in [4.69, 9.17) is 5.73 Å². The van der Waals surface area contributed by atoms with Gasteiger partial charge in [-0.1, -0.05) is 13.0 Å². The van der Waals surface area contributed by atoms with E-state index in [-0.39, 0.29) is 11.3 Å². The number of nitrogens with zero attached hydrogens (tertiary/aromatic N) is 2. The van der Waals surface area contributed by atoms with Gasteiger partial charge >= 0.3 is 0 Å². The molecule has 1 unspecified atom stereocenters. The molecule has 0 bridgehead atoms. The fourth-order valence-corrected chi connectivity index (χ4v) is 2.77. The van der Waals surface area contributed by atoms with Crippen LogP contribution in [-0.4, -0.2) is 34.3 Å². The third-order valence-electron chi connectivity index (χ3n) is 4.37. The minimum absolute atomic E-state index is 0.247. The molecule has 2 rings (SSSR count). The largest absolute Gasteiger partial charge is 0.383 e. The highest BCUT2D eigenvalue weighted by Crippen LogP contribution is 2.27. The van der Waals surface area contributed by atoms with E-state index in [1.165, 1.54) is 12.8 Å². The first-order chi connectivity index (χ1) is 9.08. The summed E-state index contributed by atoms with van der Waals surface area (Å²) in [6.07, 6.45) is 5.26. The fraction of sp³-hybridized carbons (Fsp3) is 0.600. The number of hydrogen-bond donors (Lipinski definition) is 1. The third-order valence-corrected chi connectivity index (χ3v) is 4.37. The highest BCUT2D eigenvalue weighted by molar-refractivity contribution is 5.90. The summed E-state index contributed by atoms with van der Waals surface area (Å²) in [6.45, 7) is 6.20. The van der Waals surface area contributed by atoms with Crippen LogP contribution in [0.15, 0.2) is 18.3 Å². The molecule has 1 aliphatic heterocycles. The number of anilines is 1. The Kier molecular flexibility index (Phi) is 4.20. The summed E-state index contributed by atoms with van der Waals surface area (Å²) in [5.41, 5.74) is 6.31. The van der Waals surface area contributed by atoms with E-state index < -0.39 is 0 Å². The second-order valence-electron chi connectivity index (χ2n) is 5.47. The van der Waals surface area contributed by atoms with Crippen molar-refractivity contribution >= 4 is 11.6 Å². The minimum Gasteiger partial charge on any atom is -0.383 e. The number of pyridine rings is 1. The summed E-state index contributed by atoms with van der Waals surface area (Å²) in [7, 11) is 0. The van der Waals surface area contributed by atoms with E-state index in [1.54, 1.807) is 6.20 Å². The first-order valence-electron chi connectivity index (χ1n) is 7.05. The van der Waals surface area contributed by atoms with Gasteiger partial charge in [0.05, 0.1) is 5.54 Å². The van der Waals surface area contributed by atoms with Crippen molar-refractivity contribution in [1.82, 2.24) is 9.88 Å². The molecule has 1 aromatic rings. The zero-order chi connectivity index (χ0) is 13.9. The summed E-state index contributed by atoms with van der Waals surface area (Å²) in [5.74, 6) is 0.715. The van der Waals surface area contributed by atoms with Crippen molar-refractivity contribution in [3.63, 3.8) is 0 Å². The molecule has 4 nitrogen and oxygen atoms in total. The second kappa shape index (κ2) is 5.70. The molecule has 0 aliphatic carbocycles. The third kappa shape index (κ3) is 2.78. The Balaban J connectivity index is 2.15. The molecule has 0 aromatic carbocycles. The van der Waals surface area contributed by atoms with Crippen LogP contribution in [0.4, 0.5) is 5.82 Å². The molecule has 1 aliphatic rings. The van der Waals surface area contributed by atoms with Crippen LogP contribution in [0.1, 0.15) is 38.7 Å². The summed E-state index contributed by atoms with van der Waals surface area (Å²) in [6, 6.07) is 3.72. The quantitative estimate of drug-likeness (QED) is 0.881. The van der Waals surface area contributed by atoms with E-state index in [1.807, 2.05) is 12.1 Å². The van der Waals surface area contributed by atoms with Gasteiger partial charge in [-0.3, -0.25) is 9.69 Å². The molecule has 104 valence electrons. The van der Waals surface area contributed by atoms with Crippen molar-refractivity contribution in [3.05, 3.63) is 23.9 Å². The molecule has 1 aromatic heterocycles. The maximum atomic E-state index is 12.7. The first kappa shape index (κ1) is 14.0. The molecule has 0 amide bonds. The van der Waals surface area contributed by atoms with Crippen molar-refractivity contribution in [2.45, 2.75) is 45.1 Å². The van der Waals surface area contributed by atoms with Crippen LogP contribution in [0, 0.1) is 0 Å². The molecular formula is C15H23N3O. The second-order valence-corrected chi connectivity index (χ2v) is 5.47. The van der Waals surface area contributed by atoms with Crippen molar-refractivity contribution in [1.29, 1.82) is 0 Å². The maximum Gasteiger partial charge on any atom is 0.157 e. The topological polar surface area (TPSA) is 59.2 Å². The van der Waals surface area contributed by atoms with E-state index in [0.717, 1.165) is 25.1 Å². The molecule has 19 heavy (non-hydrogen) atoms. The Morgan fingerprint density at radius 3 is 2.74 bits per heavy atom. The summed E-state index contributed by atoms with van der Waals surface area (Å²) in [5, 5.41) is 0. The van der Waals surface area contributed by atoms with Crippen LogP contribution in [0.5, 0.6) is 0 Å². The van der Waals surface area contributed by atoms with Crippen LogP contribution in [0.3, 0.4) is 0 Å². The van der Waals surface area contributed by atoms with Gasteiger partial charge in [0.15, 0.2) is 5.78 Å². The summed E-state index contributed by atoms with van der Waals surface area (Å²) >= 11 is 0. The maximum absolute atomic E-state index is 12.7. The van der Waals surface area contributed by atoms with Crippen molar-refractivity contribution in [3.8, 4) is 0 Å². The molecule has 1 atom stereocenters. The lowest BCUT2D eigenvalue weighted by Gasteiger charge is -2.36. The molecule has 2 N–H and O–H groups in total. The zero-order valence-electron chi connectivity index (χ0n) is 11.9. The smallest absolute Gasteiger partial charge is 0.157 e. The predicted molar refractivity (Wildman–Crippen MR) is 76.9 cm³/mol. The summed E-state index contributed by atoms with van der Waals surface area (Å²) < 4.78 is 0. The van der Waals surface area contributed by atoms with Gasteiger partial charge in [-0.2, -0.15) is 0 Å². The normalized spacial score (nSPS) is 19.3. The Hall–Kier alpha value is -1.42. The van der Waals surface area contributed by atoms with Gasteiger partial charge in [0.2, 0.25) is 0 Å². The number of carbonyl (C=O) groups is 1. The molecule has 1 fully saturated rings. The van der Waals surface area contributed by atoms with Gasteiger partial charge in [-0.05, 0) is 45.3 Å². The predicted octanol–water partition coefficient (Wildman–Crippen LogP) is 2.04. The summed E-state index contributed by atoms with van der Waals surface area (Å²) in [4.78, 5) is 19.1.